The normalized spacial score (nSPS) is 10.6. The van der Waals surface area contributed by atoms with E-state index in [0.717, 1.165) is 0 Å². The summed E-state index contributed by atoms with van der Waals surface area (Å²) < 4.78 is 26.8. The predicted molar refractivity (Wildman–Crippen MR) is 104 cm³/mol. The molecule has 10 heteroatoms. The molecule has 0 radical (unpaired) electrons. The van der Waals surface area contributed by atoms with E-state index in [4.69, 9.17) is 9.47 Å². The molecule has 0 unspecified atom stereocenters. The Labute approximate surface area is 168 Å². The quantitative estimate of drug-likeness (QED) is 0.618. The Balaban J connectivity index is 1.90. The fourth-order valence-corrected chi connectivity index (χ4v) is 3.10. The van der Waals surface area contributed by atoms with Crippen molar-refractivity contribution >= 4 is 27.5 Å². The van der Waals surface area contributed by atoms with Crippen LogP contribution < -0.4 is 14.8 Å². The van der Waals surface area contributed by atoms with Crippen LogP contribution in [0.4, 0.5) is 10.1 Å². The van der Waals surface area contributed by atoms with Crippen LogP contribution in [0.3, 0.4) is 0 Å². The van der Waals surface area contributed by atoms with Crippen molar-refractivity contribution in [3.8, 4) is 17.2 Å². The third-order valence-corrected chi connectivity index (χ3v) is 4.43. The lowest BCUT2D eigenvalue weighted by atomic mass is 10.1. The highest BCUT2D eigenvalue weighted by Crippen LogP contribution is 2.36. The van der Waals surface area contributed by atoms with Crippen molar-refractivity contribution in [1.82, 2.24) is 20.2 Å². The zero-order valence-corrected chi connectivity index (χ0v) is 16.9. The lowest BCUT2D eigenvalue weighted by Crippen LogP contribution is -2.13. The summed E-state index contributed by atoms with van der Waals surface area (Å²) in [6, 6.07) is 7.34. The molecule has 1 N–H and O–H groups in total. The van der Waals surface area contributed by atoms with Gasteiger partial charge < -0.3 is 14.8 Å². The van der Waals surface area contributed by atoms with Crippen LogP contribution in [0.25, 0.3) is 5.69 Å². The molecule has 3 rings (SSSR count). The number of tetrazole rings is 1. The molecule has 0 aliphatic heterocycles. The number of amides is 1. The van der Waals surface area contributed by atoms with Crippen LogP contribution in [0.15, 0.2) is 34.8 Å². The summed E-state index contributed by atoms with van der Waals surface area (Å²) in [6.07, 6.45) is 0. The smallest absolute Gasteiger partial charge is 0.255 e. The number of aryl methyl sites for hydroxylation is 1. The molecular formula is C18H17BrFN5O3. The first-order valence-corrected chi connectivity index (χ1v) is 9.10. The van der Waals surface area contributed by atoms with Gasteiger partial charge in [0, 0.05) is 11.3 Å². The van der Waals surface area contributed by atoms with E-state index in [1.54, 1.807) is 19.1 Å². The zero-order valence-electron chi connectivity index (χ0n) is 15.4. The summed E-state index contributed by atoms with van der Waals surface area (Å²) in [6.45, 7) is 3.95. The number of anilines is 1. The Kier molecular flexibility index (Phi) is 5.88. The number of ether oxygens (including phenoxy) is 2. The Morgan fingerprint density at radius 2 is 2.11 bits per heavy atom. The molecule has 1 amide bonds. The summed E-state index contributed by atoms with van der Waals surface area (Å²) in [5, 5.41) is 13.7. The highest BCUT2D eigenvalue weighted by atomic mass is 79.9. The van der Waals surface area contributed by atoms with Gasteiger partial charge in [-0.3, -0.25) is 4.79 Å². The Morgan fingerprint density at radius 3 is 2.75 bits per heavy atom. The van der Waals surface area contributed by atoms with E-state index in [2.05, 4.69) is 36.8 Å². The highest BCUT2D eigenvalue weighted by Gasteiger charge is 2.17. The van der Waals surface area contributed by atoms with E-state index in [9.17, 15) is 9.18 Å². The van der Waals surface area contributed by atoms with E-state index < -0.39 is 11.7 Å². The molecule has 0 saturated heterocycles. The van der Waals surface area contributed by atoms with Crippen LogP contribution in [0, 0.1) is 12.7 Å². The first-order chi connectivity index (χ1) is 13.4. The van der Waals surface area contributed by atoms with Gasteiger partial charge >= 0.3 is 0 Å². The number of halogens is 2. The maximum absolute atomic E-state index is 14.2. The summed E-state index contributed by atoms with van der Waals surface area (Å²) >= 11 is 3.39. The number of nitrogens with one attached hydrogen (secondary N) is 1. The van der Waals surface area contributed by atoms with Crippen LogP contribution >= 0.6 is 15.9 Å². The molecule has 146 valence electrons. The molecule has 0 bridgehead atoms. The van der Waals surface area contributed by atoms with Crippen molar-refractivity contribution in [3.63, 3.8) is 0 Å². The van der Waals surface area contributed by atoms with Gasteiger partial charge in [0.15, 0.2) is 17.3 Å². The second kappa shape index (κ2) is 8.34. The van der Waals surface area contributed by atoms with E-state index >= 15 is 0 Å². The van der Waals surface area contributed by atoms with Crippen LogP contribution in [-0.4, -0.2) is 39.8 Å². The van der Waals surface area contributed by atoms with Crippen molar-refractivity contribution in [2.24, 2.45) is 0 Å². The Hall–Kier alpha value is -3.01. The summed E-state index contributed by atoms with van der Waals surface area (Å²) in [4.78, 5) is 12.7. The molecule has 2 aromatic carbocycles. The van der Waals surface area contributed by atoms with Gasteiger partial charge in [-0.25, -0.2) is 4.39 Å². The van der Waals surface area contributed by atoms with Crippen molar-refractivity contribution in [2.75, 3.05) is 19.0 Å². The molecule has 1 heterocycles. The second-order valence-corrected chi connectivity index (χ2v) is 6.54. The third kappa shape index (κ3) is 3.96. The van der Waals surface area contributed by atoms with E-state index in [1.807, 2.05) is 6.92 Å². The molecule has 0 aliphatic rings. The van der Waals surface area contributed by atoms with Gasteiger partial charge in [-0.2, -0.15) is 4.68 Å². The number of carbonyl (C=O) groups is 1. The van der Waals surface area contributed by atoms with Crippen molar-refractivity contribution in [1.29, 1.82) is 0 Å². The molecule has 8 nitrogen and oxygen atoms in total. The van der Waals surface area contributed by atoms with Gasteiger partial charge in [-0.15, -0.1) is 5.10 Å². The van der Waals surface area contributed by atoms with Crippen LogP contribution in [0.2, 0.25) is 0 Å². The second-order valence-electron chi connectivity index (χ2n) is 5.68. The molecule has 0 fully saturated rings. The number of benzene rings is 2. The molecule has 3 aromatic rings. The van der Waals surface area contributed by atoms with E-state index in [0.29, 0.717) is 39.7 Å². The largest absolute Gasteiger partial charge is 0.493 e. The average molecular weight is 450 g/mol. The Bertz CT molecular complexity index is 1020. The highest BCUT2D eigenvalue weighted by molar-refractivity contribution is 9.10. The van der Waals surface area contributed by atoms with Gasteiger partial charge in [0.05, 0.1) is 18.2 Å². The number of nitrogens with zero attached hydrogens (tertiary/aromatic N) is 4. The number of rotatable bonds is 6. The summed E-state index contributed by atoms with van der Waals surface area (Å²) in [5.41, 5.74) is 0.864. The maximum Gasteiger partial charge on any atom is 0.255 e. The molecule has 0 aliphatic carbocycles. The molecule has 1 aromatic heterocycles. The Morgan fingerprint density at radius 1 is 1.32 bits per heavy atom. The molecule has 0 spiro atoms. The zero-order chi connectivity index (χ0) is 20.3. The monoisotopic (exact) mass is 449 g/mol. The SMILES string of the molecule is CCOc1c(Br)cc(C(=O)Nc2ccc(F)c(-n3nnnc3C)c2)cc1OC. The minimum absolute atomic E-state index is 0.130. The minimum Gasteiger partial charge on any atom is -0.493 e. The van der Waals surface area contributed by atoms with Crippen LogP contribution in [-0.2, 0) is 0 Å². The van der Waals surface area contributed by atoms with Crippen LogP contribution in [0.5, 0.6) is 11.5 Å². The van der Waals surface area contributed by atoms with Crippen LogP contribution in [0.1, 0.15) is 23.1 Å². The van der Waals surface area contributed by atoms with Gasteiger partial charge in [0.2, 0.25) is 0 Å². The molecular weight excluding hydrogens is 433 g/mol. The third-order valence-electron chi connectivity index (χ3n) is 3.84. The lowest BCUT2D eigenvalue weighted by molar-refractivity contribution is 0.102. The number of methoxy groups -OCH3 is 1. The van der Waals surface area contributed by atoms with Gasteiger partial charge in [0.25, 0.3) is 5.91 Å². The lowest BCUT2D eigenvalue weighted by Gasteiger charge is -2.14. The van der Waals surface area contributed by atoms with Crippen molar-refractivity contribution in [3.05, 3.63) is 52.0 Å². The topological polar surface area (TPSA) is 91.2 Å². The number of carbonyl (C=O) groups excluding carboxylic acids is 1. The van der Waals surface area contributed by atoms with Gasteiger partial charge in [-0.05, 0) is 70.5 Å². The first kappa shape index (κ1) is 19.7. The maximum atomic E-state index is 14.2. The summed E-state index contributed by atoms with van der Waals surface area (Å²) in [7, 11) is 1.49. The van der Waals surface area contributed by atoms with Gasteiger partial charge in [-0.1, -0.05) is 0 Å². The van der Waals surface area contributed by atoms with Crippen molar-refractivity contribution < 1.29 is 18.7 Å². The number of aromatic nitrogens is 4. The first-order valence-electron chi connectivity index (χ1n) is 8.31. The number of hydrogen-bond donors (Lipinski definition) is 1. The van der Waals surface area contributed by atoms with Crippen molar-refractivity contribution in [2.45, 2.75) is 13.8 Å². The van der Waals surface area contributed by atoms with E-state index in [-0.39, 0.29) is 5.69 Å². The standard InChI is InChI=1S/C18H17BrFN5O3/c1-4-28-17-13(19)7-11(8-16(17)27-3)18(26)21-12-5-6-14(20)15(9-12)25-10(2)22-23-24-25/h5-9H,4H2,1-3H3,(H,21,26). The summed E-state index contributed by atoms with van der Waals surface area (Å²) in [5.74, 6) is 0.444. The average Bonchev–Trinajstić information content (AvgIpc) is 3.10. The fourth-order valence-electron chi connectivity index (χ4n) is 2.55. The fraction of sp³-hybridized carbons (Fsp3) is 0.222. The molecule has 0 saturated carbocycles. The van der Waals surface area contributed by atoms with Gasteiger partial charge in [0.1, 0.15) is 11.5 Å². The predicted octanol–water partition coefficient (Wildman–Crippen LogP) is 3.53. The molecule has 0 atom stereocenters. The van der Waals surface area contributed by atoms with E-state index in [1.165, 1.54) is 30.0 Å². The molecule has 28 heavy (non-hydrogen) atoms. The minimum atomic E-state index is -0.515. The number of hydrogen-bond acceptors (Lipinski definition) is 6.